The Balaban J connectivity index is 3.33. The van der Waals surface area contributed by atoms with Gasteiger partial charge < -0.3 is 9.47 Å². The summed E-state index contributed by atoms with van der Waals surface area (Å²) in [6.07, 6.45) is -8.14. The van der Waals surface area contributed by atoms with Gasteiger partial charge in [-0.15, -0.1) is 13.2 Å². The van der Waals surface area contributed by atoms with Crippen LogP contribution in [0, 0.1) is 3.70 Å². The Morgan fingerprint density at radius 3 is 2.50 bits per heavy atom. The third-order valence-electron chi connectivity index (χ3n) is 2.11. The van der Waals surface area contributed by atoms with Crippen LogP contribution in [0.1, 0.15) is 17.6 Å². The van der Waals surface area contributed by atoms with Crippen LogP contribution in [0.3, 0.4) is 0 Å². The van der Waals surface area contributed by atoms with Gasteiger partial charge in [0.2, 0.25) is 0 Å². The highest BCUT2D eigenvalue weighted by atomic mass is 127. The number of carbonyl (C=O) groups is 1. The second-order valence-corrected chi connectivity index (χ2v) is 4.44. The lowest BCUT2D eigenvalue weighted by Crippen LogP contribution is -2.20. The third kappa shape index (κ3) is 4.42. The molecule has 0 aliphatic heterocycles. The van der Waals surface area contributed by atoms with Gasteiger partial charge >= 0.3 is 12.3 Å². The topological polar surface area (TPSA) is 48.4 Å². The average molecular weight is 411 g/mol. The maximum atomic E-state index is 13.0. The molecule has 0 bridgehead atoms. The number of hydrogen-bond acceptors (Lipinski definition) is 4. The van der Waals surface area contributed by atoms with Gasteiger partial charge in [-0.3, -0.25) is 4.79 Å². The van der Waals surface area contributed by atoms with Crippen molar-refractivity contribution >= 4 is 28.6 Å². The summed E-state index contributed by atoms with van der Waals surface area (Å²) in [6.45, 7) is 0. The van der Waals surface area contributed by atoms with E-state index in [0.29, 0.717) is 0 Å². The van der Waals surface area contributed by atoms with Crippen LogP contribution in [0.4, 0.5) is 22.0 Å². The standard InChI is InChI=1S/C10H7F5INO3/c1-19-5(18)2-4-3-17-9(16)7(6(4)8(11)12)20-10(13,14)15/h3,8H,2H2,1H3. The van der Waals surface area contributed by atoms with Gasteiger partial charge in [-0.05, 0) is 28.2 Å². The van der Waals surface area contributed by atoms with E-state index >= 15 is 0 Å². The highest BCUT2D eigenvalue weighted by molar-refractivity contribution is 14.1. The Morgan fingerprint density at radius 1 is 1.45 bits per heavy atom. The fourth-order valence-corrected chi connectivity index (χ4v) is 1.88. The third-order valence-corrected chi connectivity index (χ3v) is 2.88. The van der Waals surface area contributed by atoms with Crippen molar-refractivity contribution in [1.82, 2.24) is 4.98 Å². The quantitative estimate of drug-likeness (QED) is 0.331. The molecule has 0 aliphatic carbocycles. The molecule has 1 heterocycles. The van der Waals surface area contributed by atoms with Gasteiger partial charge in [-0.2, -0.15) is 0 Å². The molecule has 112 valence electrons. The van der Waals surface area contributed by atoms with Crippen molar-refractivity contribution in [2.45, 2.75) is 19.2 Å². The largest absolute Gasteiger partial charge is 0.573 e. The number of rotatable bonds is 4. The molecule has 1 aromatic heterocycles. The highest BCUT2D eigenvalue weighted by Crippen LogP contribution is 2.38. The summed E-state index contributed by atoms with van der Waals surface area (Å²) < 4.78 is 70.1. The zero-order chi connectivity index (χ0) is 15.5. The lowest BCUT2D eigenvalue weighted by atomic mass is 10.1. The maximum Gasteiger partial charge on any atom is 0.573 e. The molecule has 0 saturated heterocycles. The van der Waals surface area contributed by atoms with Crippen molar-refractivity contribution < 1.29 is 36.2 Å². The van der Waals surface area contributed by atoms with Crippen molar-refractivity contribution in [3.8, 4) is 5.75 Å². The molecule has 4 nitrogen and oxygen atoms in total. The van der Waals surface area contributed by atoms with Gasteiger partial charge in [0.05, 0.1) is 19.1 Å². The van der Waals surface area contributed by atoms with Crippen molar-refractivity contribution in [2.75, 3.05) is 7.11 Å². The number of ether oxygens (including phenoxy) is 2. The molecule has 10 heteroatoms. The lowest BCUT2D eigenvalue weighted by molar-refractivity contribution is -0.275. The first-order valence-corrected chi connectivity index (χ1v) is 6.01. The Hall–Kier alpha value is -1.20. The molecular weight excluding hydrogens is 404 g/mol. The smallest absolute Gasteiger partial charge is 0.469 e. The van der Waals surface area contributed by atoms with E-state index in [1.54, 1.807) is 0 Å². The summed E-state index contributed by atoms with van der Waals surface area (Å²) >= 11 is 1.33. The number of nitrogens with zero attached hydrogens (tertiary/aromatic N) is 1. The minimum Gasteiger partial charge on any atom is -0.469 e. The zero-order valence-electron chi connectivity index (χ0n) is 9.80. The minimum atomic E-state index is -5.14. The predicted molar refractivity (Wildman–Crippen MR) is 64.3 cm³/mol. The molecule has 1 aromatic rings. The molecule has 0 fully saturated rings. The van der Waals surface area contributed by atoms with Crippen molar-refractivity contribution in [3.05, 3.63) is 21.0 Å². The predicted octanol–water partition coefficient (Wildman–Crippen LogP) is 3.24. The van der Waals surface area contributed by atoms with Crippen LogP contribution in [0.25, 0.3) is 0 Å². The number of hydrogen-bond donors (Lipinski definition) is 0. The van der Waals surface area contributed by atoms with Gasteiger partial charge in [0.1, 0.15) is 3.70 Å². The number of halogens is 6. The van der Waals surface area contributed by atoms with Crippen molar-refractivity contribution in [1.29, 1.82) is 0 Å². The minimum absolute atomic E-state index is 0.383. The fourth-order valence-electron chi connectivity index (χ4n) is 1.34. The monoisotopic (exact) mass is 411 g/mol. The van der Waals surface area contributed by atoms with Gasteiger partial charge in [-0.1, -0.05) is 0 Å². The van der Waals surface area contributed by atoms with E-state index in [0.717, 1.165) is 13.3 Å². The van der Waals surface area contributed by atoms with Crippen LogP contribution in [-0.2, 0) is 16.0 Å². The normalized spacial score (nSPS) is 11.6. The summed E-state index contributed by atoms with van der Waals surface area (Å²) in [6, 6.07) is 0. The number of carbonyl (C=O) groups excluding carboxylic acids is 1. The fraction of sp³-hybridized carbons (Fsp3) is 0.400. The maximum absolute atomic E-state index is 13.0. The van der Waals surface area contributed by atoms with Crippen LogP contribution in [0.15, 0.2) is 6.20 Å². The second kappa shape index (κ2) is 6.50. The molecule has 0 N–H and O–H groups in total. The zero-order valence-corrected chi connectivity index (χ0v) is 12.0. The van der Waals surface area contributed by atoms with Crippen LogP contribution < -0.4 is 4.74 Å². The number of alkyl halides is 5. The Bertz CT molecular complexity index is 506. The van der Waals surface area contributed by atoms with E-state index < -0.39 is 36.5 Å². The molecule has 0 amide bonds. The number of esters is 1. The van der Waals surface area contributed by atoms with E-state index in [9.17, 15) is 26.7 Å². The molecule has 0 aromatic carbocycles. The molecule has 20 heavy (non-hydrogen) atoms. The van der Waals surface area contributed by atoms with Gasteiger partial charge in [0, 0.05) is 6.20 Å². The molecule has 0 atom stereocenters. The van der Waals surface area contributed by atoms with Crippen LogP contribution >= 0.6 is 22.6 Å². The van der Waals surface area contributed by atoms with Crippen LogP contribution in [0.2, 0.25) is 0 Å². The number of methoxy groups -OCH3 is 1. The first-order valence-electron chi connectivity index (χ1n) is 4.93. The molecule has 0 saturated carbocycles. The SMILES string of the molecule is COC(=O)Cc1cnc(I)c(OC(F)(F)F)c1C(F)F. The van der Waals surface area contributed by atoms with Gasteiger partial charge in [0.25, 0.3) is 6.43 Å². The first-order chi connectivity index (χ1) is 9.15. The average Bonchev–Trinajstić information content (AvgIpc) is 2.31. The van der Waals surface area contributed by atoms with Gasteiger partial charge in [-0.25, -0.2) is 13.8 Å². The molecule has 0 aliphatic rings. The lowest BCUT2D eigenvalue weighted by Gasteiger charge is -2.16. The van der Waals surface area contributed by atoms with E-state index in [4.69, 9.17) is 0 Å². The Labute approximate surface area is 123 Å². The second-order valence-electron chi connectivity index (χ2n) is 3.42. The van der Waals surface area contributed by atoms with E-state index in [1.165, 1.54) is 22.6 Å². The molecule has 0 unspecified atom stereocenters. The first kappa shape index (κ1) is 16.9. The number of aromatic nitrogens is 1. The van der Waals surface area contributed by atoms with Gasteiger partial charge in [0.15, 0.2) is 5.75 Å². The molecule has 0 spiro atoms. The highest BCUT2D eigenvalue weighted by Gasteiger charge is 2.36. The molecule has 1 rings (SSSR count). The molecule has 0 radical (unpaired) electrons. The van der Waals surface area contributed by atoms with Crippen LogP contribution in [-0.4, -0.2) is 24.4 Å². The Kier molecular flexibility index (Phi) is 5.48. The Morgan fingerprint density at radius 2 is 2.05 bits per heavy atom. The summed E-state index contributed by atoms with van der Waals surface area (Å²) in [4.78, 5) is 14.6. The van der Waals surface area contributed by atoms with Crippen LogP contribution in [0.5, 0.6) is 5.75 Å². The summed E-state index contributed by atoms with van der Waals surface area (Å²) in [7, 11) is 1.03. The van der Waals surface area contributed by atoms with E-state index in [2.05, 4.69) is 14.5 Å². The number of pyridine rings is 1. The van der Waals surface area contributed by atoms with Crippen molar-refractivity contribution in [3.63, 3.8) is 0 Å². The summed E-state index contributed by atoms with van der Waals surface area (Å²) in [5, 5.41) is 0. The molecular formula is C10H7F5INO3. The van der Waals surface area contributed by atoms with E-state index in [-0.39, 0.29) is 9.26 Å². The van der Waals surface area contributed by atoms with E-state index in [1.807, 2.05) is 0 Å². The van der Waals surface area contributed by atoms with Crippen molar-refractivity contribution in [2.24, 2.45) is 0 Å². The summed E-state index contributed by atoms with van der Waals surface area (Å²) in [5.41, 5.74) is -1.40. The summed E-state index contributed by atoms with van der Waals surface area (Å²) in [5.74, 6) is -1.98.